The minimum atomic E-state index is -0.678. The van der Waals surface area contributed by atoms with Crippen molar-refractivity contribution in [1.29, 1.82) is 0 Å². The van der Waals surface area contributed by atoms with E-state index in [1.165, 1.54) is 0 Å². The van der Waals surface area contributed by atoms with Crippen LogP contribution in [0.3, 0.4) is 0 Å². The van der Waals surface area contributed by atoms with E-state index in [0.717, 1.165) is 18.5 Å². The standard InChI is InChI=1S/C11H18N2O/c1-4-5-7-11(2,14)9-10-6-8-13(3)12-10/h4,6,8,14H,1,5,7,9H2,2-3H3. The molecule has 1 aromatic heterocycles. The van der Waals surface area contributed by atoms with Gasteiger partial charge in [0.2, 0.25) is 0 Å². The van der Waals surface area contributed by atoms with Gasteiger partial charge in [0, 0.05) is 19.7 Å². The predicted octanol–water partition coefficient (Wildman–Crippen LogP) is 1.68. The first-order valence-corrected chi connectivity index (χ1v) is 4.85. The second kappa shape index (κ2) is 4.42. The molecule has 3 heteroatoms. The first kappa shape index (κ1) is 11.0. The number of aliphatic hydroxyl groups is 1. The van der Waals surface area contributed by atoms with Gasteiger partial charge in [-0.1, -0.05) is 6.08 Å². The highest BCUT2D eigenvalue weighted by atomic mass is 16.3. The van der Waals surface area contributed by atoms with Crippen LogP contribution in [0.4, 0.5) is 0 Å². The molecule has 0 bridgehead atoms. The summed E-state index contributed by atoms with van der Waals surface area (Å²) in [6, 6.07) is 1.93. The molecule has 1 atom stereocenters. The number of allylic oxidation sites excluding steroid dienone is 1. The van der Waals surface area contributed by atoms with Gasteiger partial charge in [-0.3, -0.25) is 4.68 Å². The Bertz CT molecular complexity index is 302. The lowest BCUT2D eigenvalue weighted by Crippen LogP contribution is -2.27. The van der Waals surface area contributed by atoms with E-state index in [-0.39, 0.29) is 0 Å². The Morgan fingerprint density at radius 3 is 2.93 bits per heavy atom. The Hall–Kier alpha value is -1.09. The van der Waals surface area contributed by atoms with Gasteiger partial charge >= 0.3 is 0 Å². The first-order chi connectivity index (χ1) is 6.53. The fraction of sp³-hybridized carbons (Fsp3) is 0.545. The van der Waals surface area contributed by atoms with Crippen LogP contribution in [0, 0.1) is 0 Å². The molecule has 0 fully saturated rings. The number of hydrogen-bond donors (Lipinski definition) is 1. The van der Waals surface area contributed by atoms with Gasteiger partial charge in [0.1, 0.15) is 0 Å². The van der Waals surface area contributed by atoms with E-state index >= 15 is 0 Å². The monoisotopic (exact) mass is 194 g/mol. The van der Waals surface area contributed by atoms with Crippen molar-refractivity contribution in [3.63, 3.8) is 0 Å². The molecule has 0 aliphatic heterocycles. The zero-order chi connectivity index (χ0) is 10.6. The maximum absolute atomic E-state index is 10.0. The van der Waals surface area contributed by atoms with Crippen LogP contribution in [0.2, 0.25) is 0 Å². The Balaban J connectivity index is 2.53. The lowest BCUT2D eigenvalue weighted by molar-refractivity contribution is 0.0512. The minimum absolute atomic E-state index is 0.599. The highest BCUT2D eigenvalue weighted by molar-refractivity contribution is 5.03. The SMILES string of the molecule is C=CCCC(C)(O)Cc1ccn(C)n1. The Morgan fingerprint density at radius 2 is 2.43 bits per heavy atom. The molecule has 0 saturated carbocycles. The molecule has 3 nitrogen and oxygen atoms in total. The summed E-state index contributed by atoms with van der Waals surface area (Å²) in [5.41, 5.74) is 0.254. The third-order valence-electron chi connectivity index (χ3n) is 2.22. The van der Waals surface area contributed by atoms with Gasteiger partial charge in [-0.2, -0.15) is 5.10 Å². The van der Waals surface area contributed by atoms with Crippen LogP contribution in [0.15, 0.2) is 24.9 Å². The number of nitrogens with zero attached hydrogens (tertiary/aromatic N) is 2. The van der Waals surface area contributed by atoms with Gasteiger partial charge in [0.25, 0.3) is 0 Å². The molecule has 78 valence electrons. The molecule has 1 N–H and O–H groups in total. The largest absolute Gasteiger partial charge is 0.390 e. The minimum Gasteiger partial charge on any atom is -0.390 e. The van der Waals surface area contributed by atoms with Gasteiger partial charge < -0.3 is 5.11 Å². The molecular weight excluding hydrogens is 176 g/mol. The molecule has 1 heterocycles. The van der Waals surface area contributed by atoms with Crippen molar-refractivity contribution in [3.8, 4) is 0 Å². The van der Waals surface area contributed by atoms with Gasteiger partial charge in [-0.15, -0.1) is 6.58 Å². The fourth-order valence-electron chi connectivity index (χ4n) is 1.45. The van der Waals surface area contributed by atoms with E-state index in [1.54, 1.807) is 4.68 Å². The van der Waals surface area contributed by atoms with E-state index in [4.69, 9.17) is 0 Å². The zero-order valence-electron chi connectivity index (χ0n) is 8.90. The van der Waals surface area contributed by atoms with Crippen LogP contribution in [0.5, 0.6) is 0 Å². The Labute approximate surface area is 85.1 Å². The maximum Gasteiger partial charge on any atom is 0.0678 e. The number of aromatic nitrogens is 2. The summed E-state index contributed by atoms with van der Waals surface area (Å²) in [5.74, 6) is 0. The average molecular weight is 194 g/mol. The summed E-state index contributed by atoms with van der Waals surface area (Å²) in [6.45, 7) is 5.48. The van der Waals surface area contributed by atoms with E-state index in [2.05, 4.69) is 11.7 Å². The summed E-state index contributed by atoms with van der Waals surface area (Å²) in [5, 5.41) is 14.2. The van der Waals surface area contributed by atoms with Gasteiger partial charge in [0.05, 0.1) is 11.3 Å². The van der Waals surface area contributed by atoms with Crippen molar-refractivity contribution in [2.24, 2.45) is 7.05 Å². The highest BCUT2D eigenvalue weighted by Gasteiger charge is 2.20. The third kappa shape index (κ3) is 3.34. The fourth-order valence-corrected chi connectivity index (χ4v) is 1.45. The van der Waals surface area contributed by atoms with E-state index in [0.29, 0.717) is 6.42 Å². The lowest BCUT2D eigenvalue weighted by atomic mass is 9.94. The van der Waals surface area contributed by atoms with Crippen molar-refractivity contribution >= 4 is 0 Å². The molecule has 0 aliphatic carbocycles. The molecule has 0 aromatic carbocycles. The maximum atomic E-state index is 10.0. The smallest absolute Gasteiger partial charge is 0.0678 e. The molecule has 0 amide bonds. The van der Waals surface area contributed by atoms with E-state index in [9.17, 15) is 5.11 Å². The van der Waals surface area contributed by atoms with Gasteiger partial charge in [0.15, 0.2) is 0 Å². The predicted molar refractivity (Wildman–Crippen MR) is 57.0 cm³/mol. The second-order valence-corrected chi connectivity index (χ2v) is 3.98. The van der Waals surface area contributed by atoms with Gasteiger partial charge in [-0.25, -0.2) is 0 Å². The first-order valence-electron chi connectivity index (χ1n) is 4.85. The molecule has 1 aromatic rings. The highest BCUT2D eigenvalue weighted by Crippen LogP contribution is 2.17. The van der Waals surface area contributed by atoms with Crippen molar-refractivity contribution in [2.45, 2.75) is 31.8 Å². The van der Waals surface area contributed by atoms with Crippen molar-refractivity contribution < 1.29 is 5.11 Å². The summed E-state index contributed by atoms with van der Waals surface area (Å²) in [4.78, 5) is 0. The van der Waals surface area contributed by atoms with Crippen molar-refractivity contribution in [2.75, 3.05) is 0 Å². The van der Waals surface area contributed by atoms with Crippen molar-refractivity contribution in [3.05, 3.63) is 30.6 Å². The van der Waals surface area contributed by atoms with E-state index in [1.807, 2.05) is 32.3 Å². The molecule has 1 unspecified atom stereocenters. The van der Waals surface area contributed by atoms with Gasteiger partial charge in [-0.05, 0) is 25.8 Å². The quantitative estimate of drug-likeness (QED) is 0.724. The van der Waals surface area contributed by atoms with Crippen LogP contribution >= 0.6 is 0 Å². The molecule has 0 saturated heterocycles. The molecule has 0 spiro atoms. The van der Waals surface area contributed by atoms with E-state index < -0.39 is 5.60 Å². The molecule has 0 aliphatic rings. The number of aryl methyl sites for hydroxylation is 1. The topological polar surface area (TPSA) is 38.0 Å². The second-order valence-electron chi connectivity index (χ2n) is 3.98. The summed E-state index contributed by atoms with van der Waals surface area (Å²) < 4.78 is 1.75. The van der Waals surface area contributed by atoms with Crippen LogP contribution in [-0.4, -0.2) is 20.5 Å². The number of hydrogen-bond acceptors (Lipinski definition) is 2. The van der Waals surface area contributed by atoms with Crippen LogP contribution in [0.1, 0.15) is 25.5 Å². The van der Waals surface area contributed by atoms with Crippen LogP contribution in [0.25, 0.3) is 0 Å². The summed E-state index contributed by atoms with van der Waals surface area (Å²) in [6.07, 6.45) is 5.88. The summed E-state index contributed by atoms with van der Waals surface area (Å²) in [7, 11) is 1.88. The molecule has 14 heavy (non-hydrogen) atoms. The lowest BCUT2D eigenvalue weighted by Gasteiger charge is -2.21. The third-order valence-corrected chi connectivity index (χ3v) is 2.22. The Kier molecular flexibility index (Phi) is 3.47. The van der Waals surface area contributed by atoms with Crippen LogP contribution < -0.4 is 0 Å². The Morgan fingerprint density at radius 1 is 1.71 bits per heavy atom. The zero-order valence-corrected chi connectivity index (χ0v) is 8.90. The van der Waals surface area contributed by atoms with Crippen LogP contribution in [-0.2, 0) is 13.5 Å². The molecular formula is C11H18N2O. The number of rotatable bonds is 5. The molecule has 1 rings (SSSR count). The average Bonchev–Trinajstić information content (AvgIpc) is 2.47. The van der Waals surface area contributed by atoms with Crippen molar-refractivity contribution in [1.82, 2.24) is 9.78 Å². The normalized spacial score (nSPS) is 15.1. The summed E-state index contributed by atoms with van der Waals surface area (Å²) >= 11 is 0. The molecule has 0 radical (unpaired) electrons.